The van der Waals surface area contributed by atoms with E-state index in [-0.39, 0.29) is 5.91 Å². The van der Waals surface area contributed by atoms with Gasteiger partial charge in [0.1, 0.15) is 18.3 Å². The highest BCUT2D eigenvalue weighted by molar-refractivity contribution is 6.37. The smallest absolute Gasteiger partial charge is 0.258 e. The van der Waals surface area contributed by atoms with Gasteiger partial charge in [0.15, 0.2) is 11.5 Å². The minimum absolute atomic E-state index is 0.308. The topological polar surface area (TPSA) is 62.8 Å². The van der Waals surface area contributed by atoms with Crippen LogP contribution in [-0.2, 0) is 11.3 Å². The number of nitrogens with one attached hydrogen (secondary N) is 2. The molecule has 2 heterocycles. The van der Waals surface area contributed by atoms with E-state index in [9.17, 15) is 9.18 Å². The van der Waals surface area contributed by atoms with Crippen molar-refractivity contribution in [3.8, 4) is 11.5 Å². The molecule has 2 aliphatic heterocycles. The molecule has 166 valence electrons. The molecule has 1 amide bonds. The lowest BCUT2D eigenvalue weighted by Crippen LogP contribution is -2.11. The summed E-state index contributed by atoms with van der Waals surface area (Å²) < 4.78 is 24.8. The first kappa shape index (κ1) is 20.8. The number of rotatable bonds is 5. The van der Waals surface area contributed by atoms with E-state index in [1.54, 1.807) is 12.1 Å². The van der Waals surface area contributed by atoms with Crippen LogP contribution >= 0.6 is 0 Å². The quantitative estimate of drug-likeness (QED) is 0.540. The molecule has 5 rings (SSSR count). The van der Waals surface area contributed by atoms with E-state index in [0.717, 1.165) is 17.8 Å². The van der Waals surface area contributed by atoms with Crippen molar-refractivity contribution in [1.82, 2.24) is 4.90 Å². The number of amides is 1. The van der Waals surface area contributed by atoms with Gasteiger partial charge >= 0.3 is 0 Å². The summed E-state index contributed by atoms with van der Waals surface area (Å²) in [4.78, 5) is 15.1. The van der Waals surface area contributed by atoms with Gasteiger partial charge in [-0.15, -0.1) is 0 Å². The van der Waals surface area contributed by atoms with Gasteiger partial charge in [0, 0.05) is 23.4 Å². The number of ether oxygens (including phenoxy) is 2. The van der Waals surface area contributed by atoms with Crippen LogP contribution in [0.25, 0.3) is 11.3 Å². The minimum atomic E-state index is -0.410. The third-order valence-corrected chi connectivity index (χ3v) is 5.38. The summed E-state index contributed by atoms with van der Waals surface area (Å²) in [6.45, 7) is 0.825. The third kappa shape index (κ3) is 4.18. The Balaban J connectivity index is 1.61. The first-order valence-electron chi connectivity index (χ1n) is 10.5. The zero-order valence-corrected chi connectivity index (χ0v) is 18.2. The molecule has 0 bridgehead atoms. The highest BCUT2D eigenvalue weighted by atomic mass is 19.1. The number of hydrogen-bond acceptors (Lipinski definition) is 5. The van der Waals surface area contributed by atoms with Gasteiger partial charge in [0.2, 0.25) is 0 Å². The number of hydrogen-bond donors (Lipinski definition) is 2. The molecule has 0 fully saturated rings. The number of fused-ring (bicyclic) bond motifs is 2. The number of anilines is 2. The van der Waals surface area contributed by atoms with E-state index in [2.05, 4.69) is 15.5 Å². The van der Waals surface area contributed by atoms with Gasteiger partial charge in [-0.25, -0.2) is 4.39 Å². The first-order chi connectivity index (χ1) is 16.0. The predicted molar refractivity (Wildman–Crippen MR) is 126 cm³/mol. The second-order valence-electron chi connectivity index (χ2n) is 8.12. The summed E-state index contributed by atoms with van der Waals surface area (Å²) in [6.07, 6.45) is 2.92. The zero-order chi connectivity index (χ0) is 22.9. The largest absolute Gasteiger partial charge is 0.458 e. The van der Waals surface area contributed by atoms with E-state index >= 15 is 0 Å². The lowest BCUT2D eigenvalue weighted by molar-refractivity contribution is -0.110. The Labute approximate surface area is 190 Å². The predicted octanol–water partition coefficient (Wildman–Crippen LogP) is 5.06. The van der Waals surface area contributed by atoms with Gasteiger partial charge in [-0.2, -0.15) is 0 Å². The molecule has 0 aromatic heterocycles. The number of nitrogens with zero attached hydrogens (tertiary/aromatic N) is 1. The van der Waals surface area contributed by atoms with Crippen molar-refractivity contribution in [1.29, 1.82) is 0 Å². The molecule has 0 unspecified atom stereocenters. The average Bonchev–Trinajstić information content (AvgIpc) is 3.12. The number of carbonyl (C=O) groups excluding carboxylic acids is 1. The van der Waals surface area contributed by atoms with Gasteiger partial charge in [-0.05, 0) is 68.2 Å². The normalized spacial score (nSPS) is 15.3. The summed E-state index contributed by atoms with van der Waals surface area (Å²) in [7, 11) is 4.04. The van der Waals surface area contributed by atoms with Crippen molar-refractivity contribution < 1.29 is 18.7 Å². The molecule has 7 heteroatoms. The Bertz CT molecular complexity index is 1300. The highest BCUT2D eigenvalue weighted by Gasteiger charge is 2.29. The van der Waals surface area contributed by atoms with Gasteiger partial charge in [0.05, 0.1) is 17.0 Å². The van der Waals surface area contributed by atoms with Crippen LogP contribution < -0.4 is 20.1 Å². The van der Waals surface area contributed by atoms with Crippen molar-refractivity contribution in [3.05, 3.63) is 95.7 Å². The molecule has 33 heavy (non-hydrogen) atoms. The fraction of sp³-hybridized carbons (Fsp3) is 0.115. The van der Waals surface area contributed by atoms with Crippen molar-refractivity contribution >= 4 is 28.6 Å². The van der Waals surface area contributed by atoms with Gasteiger partial charge in [0.25, 0.3) is 5.91 Å². The number of carbonyl (C=O) groups is 1. The second kappa shape index (κ2) is 8.44. The zero-order valence-electron chi connectivity index (χ0n) is 18.2. The molecule has 6 nitrogen and oxygen atoms in total. The molecule has 0 atom stereocenters. The lowest BCUT2D eigenvalue weighted by atomic mass is 9.99. The summed E-state index contributed by atoms with van der Waals surface area (Å²) in [5, 5.41) is 6.18. The van der Waals surface area contributed by atoms with Crippen molar-refractivity contribution in [2.24, 2.45) is 0 Å². The Morgan fingerprint density at radius 3 is 2.48 bits per heavy atom. The third-order valence-electron chi connectivity index (χ3n) is 5.38. The van der Waals surface area contributed by atoms with Crippen LogP contribution in [0.15, 0.2) is 73.2 Å². The van der Waals surface area contributed by atoms with Crippen LogP contribution in [-0.4, -0.2) is 24.9 Å². The maximum Gasteiger partial charge on any atom is 0.258 e. The van der Waals surface area contributed by atoms with Crippen LogP contribution in [0, 0.1) is 5.82 Å². The van der Waals surface area contributed by atoms with Gasteiger partial charge in [-0.1, -0.05) is 12.1 Å². The second-order valence-corrected chi connectivity index (χ2v) is 8.12. The summed E-state index contributed by atoms with van der Waals surface area (Å²) >= 11 is 0. The van der Waals surface area contributed by atoms with Crippen LogP contribution in [0.4, 0.5) is 15.8 Å². The Hall–Kier alpha value is -4.10. The first-order valence-corrected chi connectivity index (χ1v) is 10.5. The molecule has 0 aliphatic carbocycles. The van der Waals surface area contributed by atoms with Crippen LogP contribution in [0.1, 0.15) is 16.7 Å². The standard InChI is InChI=1S/C26H22FN3O3/c1-30(2)15-16-3-7-19(8-4-16)28-25(17-5-10-22-23(13-17)33-12-11-32-22)24-20-9-6-18(27)14-21(20)29-26(24)31/h3-14,28H,15H2,1-2H3,(H,29,31). The summed E-state index contributed by atoms with van der Waals surface area (Å²) in [5.74, 6) is 0.399. The molecule has 0 spiro atoms. The fourth-order valence-electron chi connectivity index (χ4n) is 3.93. The number of halogens is 1. The van der Waals surface area contributed by atoms with E-state index in [0.29, 0.717) is 34.0 Å². The van der Waals surface area contributed by atoms with Crippen LogP contribution in [0.5, 0.6) is 11.5 Å². The van der Waals surface area contributed by atoms with E-state index in [1.807, 2.05) is 50.5 Å². The van der Waals surface area contributed by atoms with Gasteiger partial charge < -0.3 is 25.0 Å². The van der Waals surface area contributed by atoms with E-state index < -0.39 is 5.82 Å². The van der Waals surface area contributed by atoms with E-state index in [4.69, 9.17) is 9.47 Å². The average molecular weight is 443 g/mol. The molecular formula is C26H22FN3O3. The maximum absolute atomic E-state index is 13.8. The Kier molecular flexibility index (Phi) is 5.32. The molecule has 3 aromatic rings. The minimum Gasteiger partial charge on any atom is -0.458 e. The Morgan fingerprint density at radius 1 is 0.970 bits per heavy atom. The monoisotopic (exact) mass is 443 g/mol. The highest BCUT2D eigenvalue weighted by Crippen LogP contribution is 2.40. The van der Waals surface area contributed by atoms with Gasteiger partial charge in [-0.3, -0.25) is 4.79 Å². The fourth-order valence-corrected chi connectivity index (χ4v) is 3.93. The van der Waals surface area contributed by atoms with Crippen molar-refractivity contribution in [3.63, 3.8) is 0 Å². The molecule has 2 aliphatic rings. The SMILES string of the molecule is CN(C)Cc1ccc(NC(=C2C(=O)Nc3cc(F)ccc32)c2ccc3c(c2)OC=CO3)cc1. The van der Waals surface area contributed by atoms with Crippen LogP contribution in [0.3, 0.4) is 0 Å². The Morgan fingerprint density at radius 2 is 1.73 bits per heavy atom. The van der Waals surface area contributed by atoms with E-state index in [1.165, 1.54) is 30.2 Å². The molecular weight excluding hydrogens is 421 g/mol. The maximum atomic E-state index is 13.8. The number of benzene rings is 3. The molecule has 0 saturated carbocycles. The molecule has 2 N–H and O–H groups in total. The molecule has 0 saturated heterocycles. The summed E-state index contributed by atoms with van der Waals surface area (Å²) in [5.41, 5.74) is 4.79. The lowest BCUT2D eigenvalue weighted by Gasteiger charge is -2.18. The molecule has 3 aromatic carbocycles. The molecule has 0 radical (unpaired) electrons. The van der Waals surface area contributed by atoms with Crippen molar-refractivity contribution in [2.45, 2.75) is 6.54 Å². The summed E-state index contributed by atoms with van der Waals surface area (Å²) in [6, 6.07) is 17.8. The van der Waals surface area contributed by atoms with Crippen LogP contribution in [0.2, 0.25) is 0 Å². The van der Waals surface area contributed by atoms with Crippen molar-refractivity contribution in [2.75, 3.05) is 24.7 Å².